The molecule has 0 aliphatic heterocycles. The first-order valence-corrected chi connectivity index (χ1v) is 6.23. The van der Waals surface area contributed by atoms with E-state index in [1.165, 1.54) is 0 Å². The van der Waals surface area contributed by atoms with Crippen LogP contribution in [-0.4, -0.2) is 12.1 Å². The second kappa shape index (κ2) is 5.09. The lowest BCUT2D eigenvalue weighted by atomic mass is 10.2. The molecule has 0 atom stereocenters. The van der Waals surface area contributed by atoms with Crippen molar-refractivity contribution in [3.05, 3.63) is 54.6 Å². The van der Waals surface area contributed by atoms with Crippen molar-refractivity contribution in [1.29, 1.82) is 0 Å². The van der Waals surface area contributed by atoms with Crippen LogP contribution in [0.3, 0.4) is 0 Å². The van der Waals surface area contributed by atoms with Gasteiger partial charge in [-0.3, -0.25) is 0 Å². The van der Waals surface area contributed by atoms with Crippen molar-refractivity contribution in [3.8, 4) is 17.4 Å². The fourth-order valence-corrected chi connectivity index (χ4v) is 1.93. The van der Waals surface area contributed by atoms with Crippen LogP contribution >= 0.6 is 0 Å². The van der Waals surface area contributed by atoms with Crippen LogP contribution in [0.1, 0.15) is 0 Å². The maximum absolute atomic E-state index is 5.70. The van der Waals surface area contributed by atoms with Gasteiger partial charge < -0.3 is 15.2 Å². The molecule has 0 saturated heterocycles. The van der Waals surface area contributed by atoms with E-state index in [9.17, 15) is 0 Å². The van der Waals surface area contributed by atoms with Crippen LogP contribution in [0.5, 0.6) is 17.4 Å². The van der Waals surface area contributed by atoms with E-state index in [1.54, 1.807) is 19.2 Å². The predicted octanol–water partition coefficient (Wildman–Crippen LogP) is 3.62. The van der Waals surface area contributed by atoms with Crippen molar-refractivity contribution in [1.82, 2.24) is 4.98 Å². The summed E-state index contributed by atoms with van der Waals surface area (Å²) in [5.41, 5.74) is 7.20. The van der Waals surface area contributed by atoms with E-state index in [0.717, 1.165) is 16.7 Å². The van der Waals surface area contributed by atoms with Crippen molar-refractivity contribution < 1.29 is 9.47 Å². The monoisotopic (exact) mass is 266 g/mol. The lowest BCUT2D eigenvalue weighted by Crippen LogP contribution is -1.90. The molecule has 0 aliphatic rings. The summed E-state index contributed by atoms with van der Waals surface area (Å²) in [5.74, 6) is 2.07. The van der Waals surface area contributed by atoms with Gasteiger partial charge in [0.25, 0.3) is 0 Å². The van der Waals surface area contributed by atoms with Crippen LogP contribution in [0, 0.1) is 0 Å². The highest BCUT2D eigenvalue weighted by Crippen LogP contribution is 2.25. The molecule has 0 bridgehead atoms. The molecule has 1 aromatic heterocycles. The maximum atomic E-state index is 5.70. The smallest absolute Gasteiger partial charge is 0.219 e. The number of methoxy groups -OCH3 is 1. The molecular weight excluding hydrogens is 252 g/mol. The number of pyridine rings is 1. The molecule has 3 aromatic rings. The summed E-state index contributed by atoms with van der Waals surface area (Å²) in [4.78, 5) is 4.46. The number of hydrogen-bond acceptors (Lipinski definition) is 4. The topological polar surface area (TPSA) is 57.4 Å². The SMILES string of the molecule is COc1ccc2nc(Oc3ccc(N)cc3)ccc2c1. The van der Waals surface area contributed by atoms with E-state index < -0.39 is 0 Å². The Bertz CT molecular complexity index is 739. The molecule has 2 aromatic carbocycles. The van der Waals surface area contributed by atoms with E-state index in [-0.39, 0.29) is 0 Å². The zero-order chi connectivity index (χ0) is 13.9. The van der Waals surface area contributed by atoms with Crippen molar-refractivity contribution in [2.24, 2.45) is 0 Å². The molecule has 0 aliphatic carbocycles. The third kappa shape index (κ3) is 2.49. The minimum absolute atomic E-state index is 0.549. The Hall–Kier alpha value is -2.75. The fourth-order valence-electron chi connectivity index (χ4n) is 1.93. The average molecular weight is 266 g/mol. The molecule has 0 fully saturated rings. The van der Waals surface area contributed by atoms with Crippen LogP contribution in [-0.2, 0) is 0 Å². The molecule has 4 nitrogen and oxygen atoms in total. The number of nitrogen functional groups attached to an aromatic ring is 1. The lowest BCUT2D eigenvalue weighted by molar-refractivity contribution is 0.415. The van der Waals surface area contributed by atoms with Crippen LogP contribution in [0.2, 0.25) is 0 Å². The Morgan fingerprint density at radius 1 is 0.900 bits per heavy atom. The number of fused-ring (bicyclic) bond motifs is 1. The van der Waals surface area contributed by atoms with E-state index in [1.807, 2.05) is 42.5 Å². The van der Waals surface area contributed by atoms with Gasteiger partial charge in [-0.2, -0.15) is 0 Å². The highest BCUT2D eigenvalue weighted by molar-refractivity contribution is 5.80. The lowest BCUT2D eigenvalue weighted by Gasteiger charge is -2.07. The Morgan fingerprint density at radius 3 is 2.40 bits per heavy atom. The van der Waals surface area contributed by atoms with E-state index in [2.05, 4.69) is 4.98 Å². The number of ether oxygens (including phenoxy) is 2. The zero-order valence-corrected chi connectivity index (χ0v) is 11.0. The Morgan fingerprint density at radius 2 is 1.65 bits per heavy atom. The second-order valence-electron chi connectivity index (χ2n) is 4.38. The Balaban J connectivity index is 1.90. The first kappa shape index (κ1) is 12.3. The Kier molecular flexibility index (Phi) is 3.13. The second-order valence-corrected chi connectivity index (χ2v) is 4.38. The molecule has 20 heavy (non-hydrogen) atoms. The number of rotatable bonds is 3. The van der Waals surface area contributed by atoms with Crippen molar-refractivity contribution in [2.45, 2.75) is 0 Å². The van der Waals surface area contributed by atoms with Gasteiger partial charge in [-0.05, 0) is 48.5 Å². The summed E-state index contributed by atoms with van der Waals surface area (Å²) in [6.07, 6.45) is 0. The summed E-state index contributed by atoms with van der Waals surface area (Å²) in [6.45, 7) is 0. The molecule has 0 radical (unpaired) electrons. The molecular formula is C16H14N2O2. The molecule has 1 heterocycles. The highest BCUT2D eigenvalue weighted by Gasteiger charge is 2.02. The number of nitrogens with zero attached hydrogens (tertiary/aromatic N) is 1. The number of benzene rings is 2. The Labute approximate surface area is 116 Å². The summed E-state index contributed by atoms with van der Waals surface area (Å²) in [7, 11) is 1.65. The quantitative estimate of drug-likeness (QED) is 0.736. The van der Waals surface area contributed by atoms with Gasteiger partial charge in [0.15, 0.2) is 0 Å². The van der Waals surface area contributed by atoms with Gasteiger partial charge in [0.2, 0.25) is 5.88 Å². The van der Waals surface area contributed by atoms with Crippen LogP contribution in [0.25, 0.3) is 10.9 Å². The van der Waals surface area contributed by atoms with Crippen molar-refractivity contribution in [2.75, 3.05) is 12.8 Å². The van der Waals surface area contributed by atoms with Crippen molar-refractivity contribution in [3.63, 3.8) is 0 Å². The van der Waals surface area contributed by atoms with E-state index in [0.29, 0.717) is 17.3 Å². The molecule has 0 unspecified atom stereocenters. The zero-order valence-electron chi connectivity index (χ0n) is 11.0. The molecule has 4 heteroatoms. The van der Waals surface area contributed by atoms with Gasteiger partial charge in [-0.25, -0.2) is 4.98 Å². The largest absolute Gasteiger partial charge is 0.497 e. The minimum Gasteiger partial charge on any atom is -0.497 e. The number of nitrogens with two attached hydrogens (primary N) is 1. The predicted molar refractivity (Wildman–Crippen MR) is 79.2 cm³/mol. The van der Waals surface area contributed by atoms with Crippen LogP contribution < -0.4 is 15.2 Å². The van der Waals surface area contributed by atoms with Gasteiger partial charge in [0, 0.05) is 17.1 Å². The van der Waals surface area contributed by atoms with Crippen LogP contribution in [0.4, 0.5) is 5.69 Å². The molecule has 0 amide bonds. The minimum atomic E-state index is 0.549. The summed E-state index contributed by atoms with van der Waals surface area (Å²) >= 11 is 0. The number of anilines is 1. The van der Waals surface area contributed by atoms with Crippen molar-refractivity contribution >= 4 is 16.6 Å². The third-order valence-electron chi connectivity index (χ3n) is 2.97. The molecule has 0 spiro atoms. The van der Waals surface area contributed by atoms with Gasteiger partial charge in [0.05, 0.1) is 12.6 Å². The summed E-state index contributed by atoms with van der Waals surface area (Å²) in [5, 5.41) is 1.01. The summed E-state index contributed by atoms with van der Waals surface area (Å²) in [6, 6.07) is 16.7. The third-order valence-corrected chi connectivity index (χ3v) is 2.97. The van der Waals surface area contributed by atoms with Gasteiger partial charge in [-0.1, -0.05) is 0 Å². The molecule has 0 saturated carbocycles. The fraction of sp³-hybridized carbons (Fsp3) is 0.0625. The highest BCUT2D eigenvalue weighted by atomic mass is 16.5. The number of hydrogen-bond donors (Lipinski definition) is 1. The molecule has 100 valence electrons. The molecule has 3 rings (SSSR count). The van der Waals surface area contributed by atoms with Gasteiger partial charge >= 0.3 is 0 Å². The maximum Gasteiger partial charge on any atom is 0.219 e. The average Bonchev–Trinajstić information content (AvgIpc) is 2.49. The molecule has 2 N–H and O–H groups in total. The number of aromatic nitrogens is 1. The van der Waals surface area contributed by atoms with Gasteiger partial charge in [0.1, 0.15) is 11.5 Å². The van der Waals surface area contributed by atoms with E-state index >= 15 is 0 Å². The first-order valence-electron chi connectivity index (χ1n) is 6.23. The summed E-state index contributed by atoms with van der Waals surface area (Å²) < 4.78 is 10.9. The van der Waals surface area contributed by atoms with Gasteiger partial charge in [-0.15, -0.1) is 0 Å². The first-order chi connectivity index (χ1) is 9.74. The van der Waals surface area contributed by atoms with Crippen LogP contribution in [0.15, 0.2) is 54.6 Å². The van der Waals surface area contributed by atoms with E-state index in [4.69, 9.17) is 15.2 Å². The normalized spacial score (nSPS) is 10.4. The standard InChI is InChI=1S/C16H14N2O2/c1-19-14-7-8-15-11(10-14)2-9-16(18-15)20-13-5-3-12(17)4-6-13/h2-10H,17H2,1H3.